The fourth-order valence-electron chi connectivity index (χ4n) is 2.99. The average Bonchev–Trinajstić information content (AvgIpc) is 2.83. The zero-order valence-corrected chi connectivity index (χ0v) is 12.2. The van der Waals surface area contributed by atoms with Crippen LogP contribution in [0.5, 0.6) is 0 Å². The van der Waals surface area contributed by atoms with E-state index in [4.69, 9.17) is 0 Å². The number of hydrogen-bond donors (Lipinski definition) is 0. The maximum Gasteiger partial charge on any atom is 0.239 e. The number of carbonyl (C=O) groups is 1. The quantitative estimate of drug-likeness (QED) is 0.688. The van der Waals surface area contributed by atoms with Gasteiger partial charge in [-0.3, -0.25) is 14.3 Å². The van der Waals surface area contributed by atoms with Crippen LogP contribution in [0, 0.1) is 6.92 Å². The van der Waals surface area contributed by atoms with Crippen LogP contribution in [0.1, 0.15) is 11.5 Å². The number of amides is 1. The van der Waals surface area contributed by atoms with Gasteiger partial charge in [0.1, 0.15) is 5.82 Å². The number of rotatable bonds is 1. The Balaban J connectivity index is 2.00. The molecule has 22 heavy (non-hydrogen) atoms. The summed E-state index contributed by atoms with van der Waals surface area (Å²) in [5, 5.41) is 0. The second-order valence-electron chi connectivity index (χ2n) is 5.38. The van der Waals surface area contributed by atoms with Crippen LogP contribution in [-0.4, -0.2) is 15.5 Å². The van der Waals surface area contributed by atoms with Gasteiger partial charge in [-0.2, -0.15) is 0 Å². The molecule has 0 fully saturated rings. The molecule has 2 heterocycles. The molecule has 1 aromatic heterocycles. The maximum atomic E-state index is 12.8. The van der Waals surface area contributed by atoms with Crippen molar-refractivity contribution in [3.05, 3.63) is 72.3 Å². The van der Waals surface area contributed by atoms with Gasteiger partial charge >= 0.3 is 0 Å². The molecule has 1 aliphatic heterocycles. The van der Waals surface area contributed by atoms with E-state index < -0.39 is 0 Å². The zero-order valence-electron chi connectivity index (χ0n) is 12.2. The van der Waals surface area contributed by atoms with Crippen molar-refractivity contribution in [2.24, 2.45) is 0 Å². The Morgan fingerprint density at radius 1 is 0.955 bits per heavy atom. The molecule has 1 amide bonds. The van der Waals surface area contributed by atoms with Crippen molar-refractivity contribution in [1.82, 2.24) is 9.55 Å². The summed E-state index contributed by atoms with van der Waals surface area (Å²) in [7, 11) is 0. The molecule has 0 atom stereocenters. The summed E-state index contributed by atoms with van der Waals surface area (Å²) in [6.07, 6.45) is 2.11. The fourth-order valence-corrected chi connectivity index (χ4v) is 2.99. The third-order valence-corrected chi connectivity index (χ3v) is 3.95. The van der Waals surface area contributed by atoms with Crippen LogP contribution in [0.25, 0.3) is 5.69 Å². The molecule has 3 aromatic rings. The molecule has 4 nitrogen and oxygen atoms in total. The maximum absolute atomic E-state index is 12.8. The Morgan fingerprint density at radius 3 is 2.41 bits per heavy atom. The van der Waals surface area contributed by atoms with Crippen molar-refractivity contribution >= 4 is 17.3 Å². The predicted octanol–water partition coefficient (Wildman–Crippen LogP) is 3.40. The highest BCUT2D eigenvalue weighted by Gasteiger charge is 2.28. The lowest BCUT2D eigenvalue weighted by atomic mass is 10.2. The summed E-state index contributed by atoms with van der Waals surface area (Å²) < 4.78 is 2.07. The van der Waals surface area contributed by atoms with Gasteiger partial charge in [-0.15, -0.1) is 0 Å². The van der Waals surface area contributed by atoms with Crippen LogP contribution >= 0.6 is 0 Å². The number of anilines is 2. The molecule has 0 spiro atoms. The Morgan fingerprint density at radius 2 is 1.64 bits per heavy atom. The zero-order chi connectivity index (χ0) is 15.1. The van der Waals surface area contributed by atoms with Gasteiger partial charge in [0.15, 0.2) is 0 Å². The van der Waals surface area contributed by atoms with Crippen LogP contribution in [0.4, 0.5) is 11.4 Å². The molecular formula is C18H15N3O. The fraction of sp³-hybridized carbons (Fsp3) is 0.111. The van der Waals surface area contributed by atoms with Crippen LogP contribution in [0.3, 0.4) is 0 Å². The van der Waals surface area contributed by atoms with Crippen molar-refractivity contribution < 1.29 is 4.79 Å². The largest absolute Gasteiger partial charge is 0.298 e. The van der Waals surface area contributed by atoms with Gasteiger partial charge in [0.25, 0.3) is 0 Å². The third-order valence-electron chi connectivity index (χ3n) is 3.95. The number of imidazole rings is 1. The molecule has 0 N–H and O–H groups in total. The van der Waals surface area contributed by atoms with E-state index in [1.165, 1.54) is 0 Å². The smallest absolute Gasteiger partial charge is 0.239 e. The van der Waals surface area contributed by atoms with E-state index in [1.54, 1.807) is 4.90 Å². The molecule has 108 valence electrons. The first-order chi connectivity index (χ1) is 10.8. The van der Waals surface area contributed by atoms with Crippen molar-refractivity contribution in [3.63, 3.8) is 0 Å². The molecular weight excluding hydrogens is 274 g/mol. The monoisotopic (exact) mass is 289 g/mol. The minimum atomic E-state index is 0.0306. The molecule has 0 unspecified atom stereocenters. The molecule has 2 aromatic carbocycles. The Hall–Kier alpha value is -2.88. The van der Waals surface area contributed by atoms with E-state index in [0.29, 0.717) is 0 Å². The number of nitrogens with zero attached hydrogens (tertiary/aromatic N) is 3. The highest BCUT2D eigenvalue weighted by molar-refractivity contribution is 6.04. The lowest BCUT2D eigenvalue weighted by molar-refractivity contribution is -0.117. The molecule has 0 saturated carbocycles. The van der Waals surface area contributed by atoms with Gasteiger partial charge in [0, 0.05) is 17.6 Å². The van der Waals surface area contributed by atoms with Crippen LogP contribution < -0.4 is 4.90 Å². The summed E-state index contributed by atoms with van der Waals surface area (Å²) in [4.78, 5) is 19.0. The first kappa shape index (κ1) is 12.8. The summed E-state index contributed by atoms with van der Waals surface area (Å²) in [6, 6.07) is 17.7. The Labute approximate surface area is 128 Å². The van der Waals surface area contributed by atoms with E-state index in [1.807, 2.05) is 67.7 Å². The first-order valence-corrected chi connectivity index (χ1v) is 7.26. The minimum Gasteiger partial charge on any atom is -0.298 e. The van der Waals surface area contributed by atoms with E-state index in [0.717, 1.165) is 28.6 Å². The van der Waals surface area contributed by atoms with E-state index in [9.17, 15) is 4.79 Å². The number of hydrogen-bond acceptors (Lipinski definition) is 2. The topological polar surface area (TPSA) is 38.1 Å². The molecule has 4 heteroatoms. The molecule has 0 aliphatic carbocycles. The number of benzene rings is 2. The number of aromatic nitrogens is 2. The van der Waals surface area contributed by atoms with Crippen LogP contribution in [0.2, 0.25) is 0 Å². The van der Waals surface area contributed by atoms with Gasteiger partial charge in [-0.05, 0) is 31.2 Å². The van der Waals surface area contributed by atoms with Crippen molar-refractivity contribution in [3.8, 4) is 5.69 Å². The Bertz CT molecular complexity index is 852. The van der Waals surface area contributed by atoms with Crippen LogP contribution in [0.15, 0.2) is 60.8 Å². The molecule has 0 bridgehead atoms. The van der Waals surface area contributed by atoms with Gasteiger partial charge in [0.2, 0.25) is 5.91 Å². The SMILES string of the molecule is Cc1cnc2n1-c1ccccc1N(c1ccccc1)C(=O)C2. The standard InChI is InChI=1S/C18H15N3O/c1-13-12-19-17-11-18(22)21(14-7-3-2-4-8-14)16-10-6-5-9-15(16)20(13)17/h2-10,12H,11H2,1H3. The second kappa shape index (κ2) is 4.84. The summed E-state index contributed by atoms with van der Waals surface area (Å²) >= 11 is 0. The summed E-state index contributed by atoms with van der Waals surface area (Å²) in [5.74, 6) is 0.816. The number of aryl methyl sites for hydroxylation is 1. The summed E-state index contributed by atoms with van der Waals surface area (Å²) in [6.45, 7) is 2.01. The minimum absolute atomic E-state index is 0.0306. The van der Waals surface area contributed by atoms with Gasteiger partial charge in [-0.1, -0.05) is 30.3 Å². The van der Waals surface area contributed by atoms with E-state index >= 15 is 0 Å². The van der Waals surface area contributed by atoms with Gasteiger partial charge in [-0.25, -0.2) is 4.98 Å². The second-order valence-corrected chi connectivity index (χ2v) is 5.38. The average molecular weight is 289 g/mol. The summed E-state index contributed by atoms with van der Waals surface area (Å²) in [5.41, 5.74) is 3.79. The normalized spacial score (nSPS) is 13.5. The highest BCUT2D eigenvalue weighted by atomic mass is 16.2. The van der Waals surface area contributed by atoms with Crippen molar-refractivity contribution in [2.45, 2.75) is 13.3 Å². The molecule has 0 radical (unpaired) electrons. The van der Waals surface area contributed by atoms with E-state index in [2.05, 4.69) is 9.55 Å². The van der Waals surface area contributed by atoms with Crippen molar-refractivity contribution in [2.75, 3.05) is 4.90 Å². The Kier molecular flexibility index (Phi) is 2.82. The molecule has 1 aliphatic rings. The number of carbonyl (C=O) groups excluding carboxylic acids is 1. The lowest BCUT2D eigenvalue weighted by Gasteiger charge is -2.23. The van der Waals surface area contributed by atoms with Gasteiger partial charge in [0.05, 0.1) is 17.8 Å². The van der Waals surface area contributed by atoms with E-state index in [-0.39, 0.29) is 12.3 Å². The molecule has 0 saturated heterocycles. The lowest BCUT2D eigenvalue weighted by Crippen LogP contribution is -2.26. The van der Waals surface area contributed by atoms with Gasteiger partial charge < -0.3 is 0 Å². The predicted molar refractivity (Wildman–Crippen MR) is 85.6 cm³/mol. The number of fused-ring (bicyclic) bond motifs is 3. The highest BCUT2D eigenvalue weighted by Crippen LogP contribution is 2.35. The van der Waals surface area contributed by atoms with Crippen molar-refractivity contribution in [1.29, 1.82) is 0 Å². The number of para-hydroxylation sites is 3. The van der Waals surface area contributed by atoms with Crippen LogP contribution in [-0.2, 0) is 11.2 Å². The third kappa shape index (κ3) is 1.84. The molecule has 4 rings (SSSR count). The first-order valence-electron chi connectivity index (χ1n) is 7.26.